The molecule has 0 radical (unpaired) electrons. The average Bonchev–Trinajstić information content (AvgIpc) is 3.19. The minimum atomic E-state index is -0.371. The Labute approximate surface area is 222 Å². The van der Waals surface area contributed by atoms with E-state index in [-0.39, 0.29) is 41.0 Å². The Bertz CT molecular complexity index is 1060. The number of nitrogens with zero attached hydrogens (tertiary/aromatic N) is 1. The predicted octanol–water partition coefficient (Wildman–Crippen LogP) is 5.22. The lowest BCUT2D eigenvalue weighted by molar-refractivity contribution is -0.207. The van der Waals surface area contributed by atoms with Gasteiger partial charge >= 0.3 is 0 Å². The van der Waals surface area contributed by atoms with Gasteiger partial charge in [0.25, 0.3) is 0 Å². The number of amides is 1. The summed E-state index contributed by atoms with van der Waals surface area (Å²) in [6.07, 6.45) is 6.81. The number of fused-ring (bicyclic) bond motifs is 6. The maximum Gasteiger partial charge on any atom is 0.227 e. The molecule has 0 aromatic heterocycles. The number of aliphatic hydroxyl groups is 3. The molecule has 5 aliphatic rings. The molecule has 0 spiro atoms. The van der Waals surface area contributed by atoms with E-state index in [1.54, 1.807) is 0 Å². The summed E-state index contributed by atoms with van der Waals surface area (Å²) in [4.78, 5) is 15.0. The van der Waals surface area contributed by atoms with Crippen molar-refractivity contribution in [3.05, 3.63) is 29.3 Å². The molecule has 0 saturated heterocycles. The maximum atomic E-state index is 13.1. The maximum absolute atomic E-state index is 13.1. The van der Waals surface area contributed by atoms with Crippen LogP contribution in [-0.4, -0.2) is 39.5 Å². The molecule has 3 N–H and O–H groups in total. The van der Waals surface area contributed by atoms with Gasteiger partial charge in [-0.25, -0.2) is 0 Å². The molecule has 11 atom stereocenters. The van der Waals surface area contributed by atoms with E-state index in [1.807, 2.05) is 4.90 Å². The number of aliphatic hydroxyl groups excluding tert-OH is 3. The topological polar surface area (TPSA) is 81.0 Å². The van der Waals surface area contributed by atoms with Crippen molar-refractivity contribution in [3.8, 4) is 0 Å². The van der Waals surface area contributed by atoms with Crippen LogP contribution in [0.1, 0.15) is 89.7 Å². The van der Waals surface area contributed by atoms with Gasteiger partial charge in [-0.15, -0.1) is 0 Å². The molecule has 1 amide bonds. The van der Waals surface area contributed by atoms with Gasteiger partial charge < -0.3 is 20.2 Å². The summed E-state index contributed by atoms with van der Waals surface area (Å²) in [7, 11) is 0. The highest BCUT2D eigenvalue weighted by Crippen LogP contribution is 2.68. The number of hydrogen-bond donors (Lipinski definition) is 3. The summed E-state index contributed by atoms with van der Waals surface area (Å²) >= 11 is 0. The molecule has 6 rings (SSSR count). The monoisotopic (exact) mass is 509 g/mol. The molecular weight excluding hydrogens is 462 g/mol. The Balaban J connectivity index is 1.15. The highest BCUT2D eigenvalue weighted by molar-refractivity contribution is 5.97. The largest absolute Gasteiger partial charge is 0.393 e. The first-order valence-electron chi connectivity index (χ1n) is 15.0. The summed E-state index contributed by atoms with van der Waals surface area (Å²) < 4.78 is 0. The number of hydrogen-bond acceptors (Lipinski definition) is 4. The Morgan fingerprint density at radius 2 is 1.86 bits per heavy atom. The smallest absolute Gasteiger partial charge is 0.227 e. The van der Waals surface area contributed by atoms with Crippen LogP contribution in [0.3, 0.4) is 0 Å². The summed E-state index contributed by atoms with van der Waals surface area (Å²) in [6.45, 7) is 9.79. The van der Waals surface area contributed by atoms with Gasteiger partial charge in [-0.05, 0) is 116 Å². The molecular formula is C32H47NO4. The second kappa shape index (κ2) is 9.06. The molecule has 4 aliphatic carbocycles. The fraction of sp³-hybridized carbons (Fsp3) is 0.781. The first-order valence-corrected chi connectivity index (χ1v) is 15.0. The highest BCUT2D eigenvalue weighted by Gasteiger charge is 2.65. The van der Waals surface area contributed by atoms with Crippen molar-refractivity contribution >= 4 is 11.6 Å². The van der Waals surface area contributed by atoms with Gasteiger partial charge in [0.15, 0.2) is 0 Å². The second-order valence-electron chi connectivity index (χ2n) is 14.2. The molecule has 4 fully saturated rings. The van der Waals surface area contributed by atoms with Crippen molar-refractivity contribution in [2.75, 3.05) is 4.90 Å². The molecule has 5 heteroatoms. The van der Waals surface area contributed by atoms with Gasteiger partial charge in [-0.2, -0.15) is 0 Å². The minimum absolute atomic E-state index is 0.105. The second-order valence-corrected chi connectivity index (χ2v) is 14.2. The third-order valence-electron chi connectivity index (χ3n) is 12.5. The normalized spacial score (nSPS) is 45.2. The Hall–Kier alpha value is -1.43. The Morgan fingerprint density at radius 3 is 2.62 bits per heavy atom. The van der Waals surface area contributed by atoms with Crippen LogP contribution in [-0.2, 0) is 11.3 Å². The van der Waals surface area contributed by atoms with Crippen LogP contribution in [0, 0.1) is 53.3 Å². The fourth-order valence-corrected chi connectivity index (χ4v) is 10.3. The van der Waals surface area contributed by atoms with Crippen molar-refractivity contribution in [1.82, 2.24) is 0 Å². The van der Waals surface area contributed by atoms with Crippen molar-refractivity contribution < 1.29 is 20.1 Å². The van der Waals surface area contributed by atoms with E-state index in [0.717, 1.165) is 63.6 Å². The van der Waals surface area contributed by atoms with E-state index in [2.05, 4.69) is 45.9 Å². The van der Waals surface area contributed by atoms with E-state index < -0.39 is 0 Å². The van der Waals surface area contributed by atoms with E-state index in [0.29, 0.717) is 36.0 Å². The zero-order valence-corrected chi connectivity index (χ0v) is 23.2. The summed E-state index contributed by atoms with van der Waals surface area (Å²) in [5.74, 6) is 2.19. The van der Waals surface area contributed by atoms with Gasteiger partial charge in [0, 0.05) is 12.1 Å². The standard InChI is InChI=1S/C32H47NO4/c1-18-5-9-26-20(13-18)17-33(26)29(37)10-6-19(2)23-7-8-24-30-25(16-28(36)32(23,24)4)31(3)12-11-22(34)14-21(31)15-27(30)35/h5,9,13,19,21-25,27-28,30,34-36H,6-8,10-12,14-17H2,1-4H3/t19-,21+,22-,23-,24+,25+,27-,28+,30+,31+,32-/m1/s1. The number of carbonyl (C=O) groups excluding carboxylic acids is 1. The van der Waals surface area contributed by atoms with E-state index in [1.165, 1.54) is 11.1 Å². The average molecular weight is 510 g/mol. The zero-order chi connectivity index (χ0) is 26.3. The van der Waals surface area contributed by atoms with Crippen LogP contribution < -0.4 is 4.90 Å². The van der Waals surface area contributed by atoms with Crippen molar-refractivity contribution in [2.24, 2.45) is 46.3 Å². The number of aryl methyl sites for hydroxylation is 1. The molecule has 37 heavy (non-hydrogen) atoms. The quantitative estimate of drug-likeness (QED) is 0.520. The Morgan fingerprint density at radius 1 is 1.08 bits per heavy atom. The van der Waals surface area contributed by atoms with Crippen LogP contribution in [0.25, 0.3) is 0 Å². The molecule has 1 aromatic carbocycles. The van der Waals surface area contributed by atoms with E-state index in [9.17, 15) is 20.1 Å². The molecule has 1 aromatic rings. The third kappa shape index (κ3) is 3.85. The number of benzene rings is 1. The molecule has 1 heterocycles. The van der Waals surface area contributed by atoms with Gasteiger partial charge in [0.2, 0.25) is 5.91 Å². The highest BCUT2D eigenvalue weighted by atomic mass is 16.3. The number of anilines is 1. The van der Waals surface area contributed by atoms with Crippen molar-refractivity contribution in [3.63, 3.8) is 0 Å². The fourth-order valence-electron chi connectivity index (χ4n) is 10.3. The van der Waals surface area contributed by atoms with Crippen LogP contribution in [0.5, 0.6) is 0 Å². The SMILES string of the molecule is Cc1ccc2c(c1)CN2C(=O)CC[C@@H](C)[C@H]1CC[C@H]2[C@@H]3[C@H](O)C[C@@H]4C[C@H](O)CC[C@]4(C)[C@H]3C[C@H](O)[C@]12C. The molecule has 204 valence electrons. The molecule has 0 unspecified atom stereocenters. The molecule has 5 nitrogen and oxygen atoms in total. The van der Waals surface area contributed by atoms with Gasteiger partial charge in [-0.1, -0.05) is 38.5 Å². The van der Waals surface area contributed by atoms with E-state index in [4.69, 9.17) is 0 Å². The van der Waals surface area contributed by atoms with Crippen LogP contribution in [0.4, 0.5) is 5.69 Å². The molecule has 0 bridgehead atoms. The molecule has 1 aliphatic heterocycles. The summed E-state index contributed by atoms with van der Waals surface area (Å²) in [5, 5.41) is 33.6. The van der Waals surface area contributed by atoms with Gasteiger partial charge in [-0.3, -0.25) is 4.79 Å². The first-order chi connectivity index (χ1) is 17.5. The molecule has 4 saturated carbocycles. The minimum Gasteiger partial charge on any atom is -0.393 e. The van der Waals surface area contributed by atoms with Gasteiger partial charge in [0.05, 0.1) is 24.9 Å². The number of carbonyl (C=O) groups is 1. The Kier molecular flexibility index (Phi) is 6.33. The first kappa shape index (κ1) is 25.8. The van der Waals surface area contributed by atoms with Gasteiger partial charge in [0.1, 0.15) is 0 Å². The summed E-state index contributed by atoms with van der Waals surface area (Å²) in [6, 6.07) is 6.33. The summed E-state index contributed by atoms with van der Waals surface area (Å²) in [5.41, 5.74) is 3.47. The zero-order valence-electron chi connectivity index (χ0n) is 23.2. The van der Waals surface area contributed by atoms with Crippen LogP contribution in [0.15, 0.2) is 18.2 Å². The van der Waals surface area contributed by atoms with Crippen LogP contribution in [0.2, 0.25) is 0 Å². The lowest BCUT2D eigenvalue weighted by atomic mass is 9.43. The number of rotatable bonds is 4. The van der Waals surface area contributed by atoms with Crippen LogP contribution >= 0.6 is 0 Å². The lowest BCUT2D eigenvalue weighted by Gasteiger charge is -2.63. The van der Waals surface area contributed by atoms with Crippen molar-refractivity contribution in [1.29, 1.82) is 0 Å². The third-order valence-corrected chi connectivity index (χ3v) is 12.5. The lowest BCUT2D eigenvalue weighted by Crippen LogP contribution is -2.62. The predicted molar refractivity (Wildman–Crippen MR) is 145 cm³/mol. The van der Waals surface area contributed by atoms with E-state index >= 15 is 0 Å². The van der Waals surface area contributed by atoms with Crippen molar-refractivity contribution in [2.45, 2.75) is 110 Å².